The average molecular weight is 405 g/mol. The van der Waals surface area contributed by atoms with Crippen LogP contribution in [0.2, 0.25) is 0 Å². The molecule has 4 nitrogen and oxygen atoms in total. The number of pyridine rings is 1. The van der Waals surface area contributed by atoms with Crippen molar-refractivity contribution in [3.63, 3.8) is 0 Å². The van der Waals surface area contributed by atoms with Gasteiger partial charge in [0.2, 0.25) is 0 Å². The van der Waals surface area contributed by atoms with Crippen LogP contribution >= 0.6 is 0 Å². The first-order valence-corrected chi connectivity index (χ1v) is 10.0. The van der Waals surface area contributed by atoms with Gasteiger partial charge >= 0.3 is 6.18 Å². The number of aryl methyl sites for hydroxylation is 1. The number of aromatic nitrogens is 1. The van der Waals surface area contributed by atoms with Crippen molar-refractivity contribution in [3.8, 4) is 11.1 Å². The number of carbonyl (C=O) groups is 1. The molecule has 0 saturated carbocycles. The number of carbonyl (C=O) groups excluding carboxylic acids is 1. The highest BCUT2D eigenvalue weighted by Crippen LogP contribution is 2.24. The predicted molar refractivity (Wildman–Crippen MR) is 107 cm³/mol. The number of rotatable bonds is 7. The third-order valence-electron chi connectivity index (χ3n) is 5.22. The Morgan fingerprint density at radius 3 is 2.52 bits per heavy atom. The van der Waals surface area contributed by atoms with Crippen LogP contribution in [0, 0.1) is 5.92 Å². The van der Waals surface area contributed by atoms with E-state index in [1.807, 2.05) is 24.3 Å². The van der Waals surface area contributed by atoms with Crippen LogP contribution in [0.3, 0.4) is 0 Å². The van der Waals surface area contributed by atoms with Gasteiger partial charge in [0.15, 0.2) is 0 Å². The molecule has 1 aliphatic rings. The van der Waals surface area contributed by atoms with Crippen LogP contribution in [-0.2, 0) is 6.42 Å². The number of piperidine rings is 1. The van der Waals surface area contributed by atoms with Gasteiger partial charge in [-0.3, -0.25) is 9.78 Å². The first kappa shape index (κ1) is 21.3. The Labute approximate surface area is 168 Å². The molecule has 1 aliphatic heterocycles. The molecule has 0 bridgehead atoms. The second-order valence-electron chi connectivity index (χ2n) is 7.53. The summed E-state index contributed by atoms with van der Waals surface area (Å²) < 4.78 is 36.8. The first-order chi connectivity index (χ1) is 13.9. The minimum Gasteiger partial charge on any atom is -0.352 e. The highest BCUT2D eigenvalue weighted by molar-refractivity contribution is 5.95. The van der Waals surface area contributed by atoms with Crippen molar-refractivity contribution in [2.45, 2.75) is 38.3 Å². The molecule has 1 aromatic carbocycles. The van der Waals surface area contributed by atoms with Gasteiger partial charge in [-0.05, 0) is 61.9 Å². The van der Waals surface area contributed by atoms with Gasteiger partial charge in [0.05, 0.1) is 5.56 Å². The monoisotopic (exact) mass is 405 g/mol. The lowest BCUT2D eigenvalue weighted by Crippen LogP contribution is -2.36. The van der Waals surface area contributed by atoms with Gasteiger partial charge in [0.1, 0.15) is 0 Å². The van der Waals surface area contributed by atoms with E-state index in [1.54, 1.807) is 18.5 Å². The fourth-order valence-corrected chi connectivity index (χ4v) is 3.50. The lowest BCUT2D eigenvalue weighted by molar-refractivity contribution is -0.135. The Kier molecular flexibility index (Phi) is 7.25. The van der Waals surface area contributed by atoms with Crippen molar-refractivity contribution >= 4 is 5.91 Å². The molecule has 0 atom stereocenters. The quantitative estimate of drug-likeness (QED) is 0.720. The second kappa shape index (κ2) is 9.87. The van der Waals surface area contributed by atoms with Crippen molar-refractivity contribution < 1.29 is 18.0 Å². The maximum absolute atomic E-state index is 12.5. The summed E-state index contributed by atoms with van der Waals surface area (Å²) in [6.45, 7) is 2.64. The molecular weight excluding hydrogens is 379 g/mol. The third kappa shape index (κ3) is 6.85. The summed E-state index contributed by atoms with van der Waals surface area (Å²) in [5.41, 5.74) is 3.05. The molecule has 2 N–H and O–H groups in total. The van der Waals surface area contributed by atoms with Gasteiger partial charge in [0.25, 0.3) is 5.91 Å². The Bertz CT molecular complexity index is 800. The molecular formula is C22H26F3N3O. The summed E-state index contributed by atoms with van der Waals surface area (Å²) in [4.78, 5) is 16.6. The second-order valence-corrected chi connectivity index (χ2v) is 7.53. The fraction of sp³-hybridized carbons (Fsp3) is 0.455. The van der Waals surface area contributed by atoms with Crippen LogP contribution < -0.4 is 10.6 Å². The van der Waals surface area contributed by atoms with Gasteiger partial charge < -0.3 is 10.6 Å². The van der Waals surface area contributed by atoms with Gasteiger partial charge in [0, 0.05) is 30.9 Å². The molecule has 1 aromatic heterocycles. The fourth-order valence-electron chi connectivity index (χ4n) is 3.50. The van der Waals surface area contributed by atoms with E-state index in [2.05, 4.69) is 15.6 Å². The van der Waals surface area contributed by atoms with Crippen LogP contribution in [0.15, 0.2) is 42.7 Å². The van der Waals surface area contributed by atoms with Crippen molar-refractivity contribution in [2.75, 3.05) is 19.6 Å². The maximum Gasteiger partial charge on any atom is 0.389 e. The van der Waals surface area contributed by atoms with Gasteiger partial charge in [-0.15, -0.1) is 0 Å². The normalized spacial score (nSPS) is 15.3. The minimum absolute atomic E-state index is 0.0805. The van der Waals surface area contributed by atoms with Crippen LogP contribution in [0.25, 0.3) is 11.1 Å². The first-order valence-electron chi connectivity index (χ1n) is 10.0. The maximum atomic E-state index is 12.5. The third-order valence-corrected chi connectivity index (χ3v) is 5.22. The Morgan fingerprint density at radius 1 is 1.10 bits per heavy atom. The number of hydrogen-bond acceptors (Lipinski definition) is 3. The van der Waals surface area contributed by atoms with E-state index < -0.39 is 12.6 Å². The SMILES string of the molecule is O=C(NCC1CCNCC1)c1cncc(-c2ccc(CCCC(F)(F)F)cc2)c1. The molecule has 7 heteroatoms. The molecule has 0 radical (unpaired) electrons. The number of amides is 1. The molecule has 156 valence electrons. The molecule has 3 rings (SSSR count). The molecule has 1 saturated heterocycles. The van der Waals surface area contributed by atoms with Crippen LogP contribution in [-0.4, -0.2) is 36.7 Å². The number of hydrogen-bond donors (Lipinski definition) is 2. The smallest absolute Gasteiger partial charge is 0.352 e. The molecule has 29 heavy (non-hydrogen) atoms. The molecule has 2 heterocycles. The summed E-state index contributed by atoms with van der Waals surface area (Å²) in [6, 6.07) is 9.17. The number of alkyl halides is 3. The number of benzene rings is 1. The van der Waals surface area contributed by atoms with E-state index in [0.29, 0.717) is 24.4 Å². The highest BCUT2D eigenvalue weighted by atomic mass is 19.4. The molecule has 1 amide bonds. The zero-order valence-corrected chi connectivity index (χ0v) is 16.3. The van der Waals surface area contributed by atoms with E-state index in [-0.39, 0.29) is 12.3 Å². The van der Waals surface area contributed by atoms with E-state index in [0.717, 1.165) is 42.6 Å². The van der Waals surface area contributed by atoms with Crippen LogP contribution in [0.5, 0.6) is 0 Å². The molecule has 0 spiro atoms. The van der Waals surface area contributed by atoms with Crippen molar-refractivity contribution in [1.29, 1.82) is 0 Å². The Hall–Kier alpha value is -2.41. The minimum atomic E-state index is -4.11. The lowest BCUT2D eigenvalue weighted by Gasteiger charge is -2.22. The van der Waals surface area contributed by atoms with Crippen LogP contribution in [0.4, 0.5) is 13.2 Å². The lowest BCUT2D eigenvalue weighted by atomic mass is 9.98. The van der Waals surface area contributed by atoms with Crippen LogP contribution in [0.1, 0.15) is 41.6 Å². The summed E-state index contributed by atoms with van der Waals surface area (Å²) in [6.07, 6.45) is 0.943. The van der Waals surface area contributed by atoms with Crippen molar-refractivity contribution in [1.82, 2.24) is 15.6 Å². The summed E-state index contributed by atoms with van der Waals surface area (Å²) in [7, 11) is 0. The summed E-state index contributed by atoms with van der Waals surface area (Å²) in [5.74, 6) is 0.364. The van der Waals surface area contributed by atoms with E-state index >= 15 is 0 Å². The van der Waals surface area contributed by atoms with E-state index in [4.69, 9.17) is 0 Å². The summed E-state index contributed by atoms with van der Waals surface area (Å²) >= 11 is 0. The van der Waals surface area contributed by atoms with E-state index in [1.165, 1.54) is 0 Å². The zero-order valence-electron chi connectivity index (χ0n) is 16.3. The van der Waals surface area contributed by atoms with E-state index in [9.17, 15) is 18.0 Å². The van der Waals surface area contributed by atoms with Gasteiger partial charge in [-0.25, -0.2) is 0 Å². The zero-order chi connectivity index (χ0) is 20.7. The predicted octanol–water partition coefficient (Wildman–Crippen LogP) is 4.36. The Morgan fingerprint density at radius 2 is 1.83 bits per heavy atom. The van der Waals surface area contributed by atoms with Gasteiger partial charge in [-0.2, -0.15) is 13.2 Å². The number of nitrogens with zero attached hydrogens (tertiary/aromatic N) is 1. The molecule has 0 unspecified atom stereocenters. The summed E-state index contributed by atoms with van der Waals surface area (Å²) in [5, 5.41) is 6.30. The highest BCUT2D eigenvalue weighted by Gasteiger charge is 2.25. The van der Waals surface area contributed by atoms with Crippen molar-refractivity contribution in [3.05, 3.63) is 53.9 Å². The molecule has 0 aliphatic carbocycles. The number of halogens is 3. The number of nitrogens with one attached hydrogen (secondary N) is 2. The Balaban J connectivity index is 1.57. The topological polar surface area (TPSA) is 54.0 Å². The molecule has 1 fully saturated rings. The van der Waals surface area contributed by atoms with Gasteiger partial charge in [-0.1, -0.05) is 24.3 Å². The molecule has 2 aromatic rings. The average Bonchev–Trinajstić information content (AvgIpc) is 2.72. The largest absolute Gasteiger partial charge is 0.389 e. The standard InChI is InChI=1S/C22H26F3N3O/c23-22(24,25)9-1-2-16-3-5-18(6-4-16)19-12-20(15-27-14-19)21(29)28-13-17-7-10-26-11-8-17/h3-6,12,14-15,17,26H,1-2,7-11,13H2,(H,28,29). The van der Waals surface area contributed by atoms with Crippen molar-refractivity contribution in [2.24, 2.45) is 5.92 Å².